The Morgan fingerprint density at radius 2 is 2.41 bits per heavy atom. The minimum atomic E-state index is -0.219. The first-order chi connectivity index (χ1) is 8.29. The fourth-order valence-electron chi connectivity index (χ4n) is 1.56. The van der Waals surface area contributed by atoms with Crippen LogP contribution in [-0.4, -0.2) is 27.6 Å². The second-order valence-corrected chi connectivity index (χ2v) is 4.15. The largest absolute Gasteiger partial charge is 0.345 e. The van der Waals surface area contributed by atoms with Crippen molar-refractivity contribution >= 4 is 5.91 Å². The lowest BCUT2D eigenvalue weighted by molar-refractivity contribution is -0.115. The second-order valence-electron chi connectivity index (χ2n) is 4.15. The van der Waals surface area contributed by atoms with Crippen molar-refractivity contribution < 1.29 is 4.79 Å². The van der Waals surface area contributed by atoms with E-state index in [0.29, 0.717) is 12.5 Å². The molecule has 0 atom stereocenters. The van der Waals surface area contributed by atoms with Crippen molar-refractivity contribution in [1.82, 2.24) is 20.5 Å². The maximum atomic E-state index is 11.0. The van der Waals surface area contributed by atoms with Gasteiger partial charge in [0.05, 0.1) is 0 Å². The van der Waals surface area contributed by atoms with Crippen LogP contribution >= 0.6 is 0 Å². The molecular formula is C12H16N4O. The molecule has 1 aromatic heterocycles. The molecule has 2 rings (SSSR count). The topological polar surface area (TPSA) is 70.7 Å². The summed E-state index contributed by atoms with van der Waals surface area (Å²) in [5, 5.41) is 9.84. The Labute approximate surface area is 100 Å². The van der Waals surface area contributed by atoms with Gasteiger partial charge in [-0.05, 0) is 32.1 Å². The van der Waals surface area contributed by atoms with Crippen LogP contribution in [0.5, 0.6) is 0 Å². The van der Waals surface area contributed by atoms with E-state index in [4.69, 9.17) is 0 Å². The lowest BCUT2D eigenvalue weighted by Gasteiger charge is -1.98. The fraction of sp³-hybridized carbons (Fsp3) is 0.583. The van der Waals surface area contributed by atoms with Gasteiger partial charge >= 0.3 is 0 Å². The van der Waals surface area contributed by atoms with Crippen molar-refractivity contribution in [3.8, 4) is 11.8 Å². The quantitative estimate of drug-likeness (QED) is 0.581. The third-order valence-electron chi connectivity index (χ3n) is 2.61. The second kappa shape index (κ2) is 5.48. The Kier molecular flexibility index (Phi) is 3.76. The van der Waals surface area contributed by atoms with Crippen LogP contribution in [0, 0.1) is 11.8 Å². The monoisotopic (exact) mass is 232 g/mol. The van der Waals surface area contributed by atoms with Gasteiger partial charge in [0.2, 0.25) is 0 Å². The van der Waals surface area contributed by atoms with Gasteiger partial charge in [0.1, 0.15) is 5.82 Å². The molecule has 17 heavy (non-hydrogen) atoms. The molecule has 2 N–H and O–H groups in total. The maximum Gasteiger partial charge on any atom is 0.295 e. The van der Waals surface area contributed by atoms with Gasteiger partial charge in [-0.3, -0.25) is 9.89 Å². The number of H-pyrrole nitrogens is 1. The number of aromatic nitrogens is 3. The van der Waals surface area contributed by atoms with Gasteiger partial charge in [0.15, 0.2) is 5.82 Å². The zero-order valence-electron chi connectivity index (χ0n) is 9.92. The van der Waals surface area contributed by atoms with Crippen LogP contribution in [0.3, 0.4) is 0 Å². The average Bonchev–Trinajstić information content (AvgIpc) is 3.06. The molecule has 1 aliphatic rings. The molecule has 1 saturated carbocycles. The van der Waals surface area contributed by atoms with Gasteiger partial charge in [-0.2, -0.15) is 5.10 Å². The predicted molar refractivity (Wildman–Crippen MR) is 63.1 cm³/mol. The third kappa shape index (κ3) is 3.59. The summed E-state index contributed by atoms with van der Waals surface area (Å²) in [4.78, 5) is 15.5. The van der Waals surface area contributed by atoms with Crippen molar-refractivity contribution in [1.29, 1.82) is 0 Å². The first kappa shape index (κ1) is 11.6. The molecule has 0 unspecified atom stereocenters. The number of rotatable bonds is 5. The Morgan fingerprint density at radius 1 is 1.59 bits per heavy atom. The van der Waals surface area contributed by atoms with Crippen LogP contribution in [0.1, 0.15) is 43.8 Å². The van der Waals surface area contributed by atoms with Crippen molar-refractivity contribution in [2.75, 3.05) is 6.54 Å². The first-order valence-electron chi connectivity index (χ1n) is 5.91. The number of aromatic amines is 1. The van der Waals surface area contributed by atoms with E-state index >= 15 is 0 Å². The summed E-state index contributed by atoms with van der Waals surface area (Å²) in [6.45, 7) is 2.26. The van der Waals surface area contributed by atoms with E-state index in [1.165, 1.54) is 12.8 Å². The van der Waals surface area contributed by atoms with Gasteiger partial charge in [-0.25, -0.2) is 4.98 Å². The highest BCUT2D eigenvalue weighted by atomic mass is 16.1. The summed E-state index contributed by atoms with van der Waals surface area (Å²) >= 11 is 0. The number of hydrogen-bond donors (Lipinski definition) is 2. The van der Waals surface area contributed by atoms with Crippen LogP contribution in [0.2, 0.25) is 0 Å². The summed E-state index contributed by atoms with van der Waals surface area (Å²) in [6.07, 6.45) is 4.07. The van der Waals surface area contributed by atoms with Crippen LogP contribution in [0.15, 0.2) is 0 Å². The maximum absolute atomic E-state index is 11.0. The number of hydrogen-bond acceptors (Lipinski definition) is 3. The van der Waals surface area contributed by atoms with Gasteiger partial charge in [-0.1, -0.05) is 5.92 Å². The number of nitrogens with zero attached hydrogens (tertiary/aromatic N) is 2. The van der Waals surface area contributed by atoms with Gasteiger partial charge in [-0.15, -0.1) is 0 Å². The van der Waals surface area contributed by atoms with Crippen LogP contribution < -0.4 is 5.32 Å². The van der Waals surface area contributed by atoms with E-state index in [9.17, 15) is 4.79 Å². The number of amides is 1. The number of aryl methyl sites for hydroxylation is 1. The molecular weight excluding hydrogens is 216 g/mol. The molecule has 1 aliphatic carbocycles. The zero-order valence-corrected chi connectivity index (χ0v) is 9.92. The van der Waals surface area contributed by atoms with E-state index < -0.39 is 0 Å². The Hall–Kier alpha value is -1.83. The van der Waals surface area contributed by atoms with Crippen molar-refractivity contribution in [3.63, 3.8) is 0 Å². The standard InChI is InChI=1S/C12H16N4O/c1-2-4-11(17)13-8-3-5-10-14-12(16-15-10)9-6-7-9/h9H,3,5-8H2,1H3,(H,13,17)(H,14,15,16). The fourth-order valence-corrected chi connectivity index (χ4v) is 1.56. The average molecular weight is 232 g/mol. The highest BCUT2D eigenvalue weighted by molar-refractivity contribution is 5.93. The lowest BCUT2D eigenvalue weighted by atomic mass is 10.3. The summed E-state index contributed by atoms with van der Waals surface area (Å²) in [5.41, 5.74) is 0. The molecule has 0 saturated heterocycles. The molecule has 5 nitrogen and oxygen atoms in total. The van der Waals surface area contributed by atoms with Gasteiger partial charge in [0.25, 0.3) is 5.91 Å². The molecule has 1 amide bonds. The SMILES string of the molecule is CC#CC(=O)NCCCc1nc(C2CC2)n[nH]1. The van der Waals surface area contributed by atoms with E-state index in [2.05, 4.69) is 32.3 Å². The normalized spacial score (nSPS) is 13.9. The molecule has 0 spiro atoms. The van der Waals surface area contributed by atoms with Gasteiger partial charge in [0, 0.05) is 18.9 Å². The number of nitrogens with one attached hydrogen (secondary N) is 2. The minimum absolute atomic E-state index is 0.219. The Morgan fingerprint density at radius 3 is 3.12 bits per heavy atom. The molecule has 5 heteroatoms. The van der Waals surface area contributed by atoms with Crippen molar-refractivity contribution in [2.45, 2.75) is 38.5 Å². The van der Waals surface area contributed by atoms with E-state index in [1.807, 2.05) is 0 Å². The number of carbonyl (C=O) groups is 1. The molecule has 1 heterocycles. The predicted octanol–water partition coefficient (Wildman–Crippen LogP) is 0.754. The van der Waals surface area contributed by atoms with Crippen LogP contribution in [0.25, 0.3) is 0 Å². The Balaban J connectivity index is 1.66. The highest BCUT2D eigenvalue weighted by Crippen LogP contribution is 2.37. The number of carbonyl (C=O) groups excluding carboxylic acids is 1. The molecule has 1 aromatic rings. The molecule has 0 radical (unpaired) electrons. The summed E-state index contributed by atoms with van der Waals surface area (Å²) in [7, 11) is 0. The molecule has 0 bridgehead atoms. The van der Waals surface area contributed by atoms with Crippen LogP contribution in [-0.2, 0) is 11.2 Å². The van der Waals surface area contributed by atoms with Crippen LogP contribution in [0.4, 0.5) is 0 Å². The summed E-state index contributed by atoms with van der Waals surface area (Å²) < 4.78 is 0. The summed E-state index contributed by atoms with van der Waals surface area (Å²) in [5.74, 6) is 7.21. The first-order valence-corrected chi connectivity index (χ1v) is 5.91. The summed E-state index contributed by atoms with van der Waals surface area (Å²) in [6, 6.07) is 0. The van der Waals surface area contributed by atoms with Crippen molar-refractivity contribution in [2.24, 2.45) is 0 Å². The highest BCUT2D eigenvalue weighted by Gasteiger charge is 2.27. The van der Waals surface area contributed by atoms with Crippen molar-refractivity contribution in [3.05, 3.63) is 11.6 Å². The molecule has 0 aliphatic heterocycles. The minimum Gasteiger partial charge on any atom is -0.345 e. The van der Waals surface area contributed by atoms with E-state index in [1.54, 1.807) is 6.92 Å². The smallest absolute Gasteiger partial charge is 0.295 e. The van der Waals surface area contributed by atoms with E-state index in [-0.39, 0.29) is 5.91 Å². The Bertz CT molecular complexity index is 451. The lowest BCUT2D eigenvalue weighted by Crippen LogP contribution is -2.22. The third-order valence-corrected chi connectivity index (χ3v) is 2.61. The van der Waals surface area contributed by atoms with Gasteiger partial charge < -0.3 is 5.32 Å². The molecule has 90 valence electrons. The molecule has 1 fully saturated rings. The zero-order chi connectivity index (χ0) is 12.1. The van der Waals surface area contributed by atoms with E-state index in [0.717, 1.165) is 24.5 Å². The molecule has 0 aromatic carbocycles.